The van der Waals surface area contributed by atoms with Crippen molar-refractivity contribution in [1.82, 2.24) is 29.5 Å². The van der Waals surface area contributed by atoms with E-state index in [9.17, 15) is 9.18 Å². The molecular weight excluding hydrogens is 483 g/mol. The molecule has 2 saturated heterocycles. The van der Waals surface area contributed by atoms with E-state index in [0.29, 0.717) is 31.0 Å². The molecule has 0 aromatic carbocycles. The molecule has 4 rings (SSSR count). The molecule has 0 radical (unpaired) electrons. The summed E-state index contributed by atoms with van der Waals surface area (Å²) < 4.78 is 20.6. The highest BCUT2D eigenvalue weighted by atomic mass is 19.1. The van der Waals surface area contributed by atoms with E-state index in [-0.39, 0.29) is 23.5 Å². The number of hydrogen-bond acceptors (Lipinski definition) is 6. The fourth-order valence-electron chi connectivity index (χ4n) is 6.32. The number of carbonyl (C=O) groups excluding carboxylic acids is 1. The van der Waals surface area contributed by atoms with Crippen LogP contribution in [0.5, 0.6) is 0 Å². The van der Waals surface area contributed by atoms with Gasteiger partial charge in [-0.1, -0.05) is 19.4 Å². The van der Waals surface area contributed by atoms with Crippen LogP contribution in [0.3, 0.4) is 0 Å². The summed E-state index contributed by atoms with van der Waals surface area (Å²) in [6, 6.07) is 4.83. The summed E-state index contributed by atoms with van der Waals surface area (Å²) in [5, 5.41) is 4.03. The first-order chi connectivity index (χ1) is 17.9. The van der Waals surface area contributed by atoms with E-state index in [1.54, 1.807) is 0 Å². The average Bonchev–Trinajstić information content (AvgIpc) is 3.31. The standard InChI is InChI=1S/C29H45FN6O2/c1-8-9-14-35-21(2)19-34(22(3)24-10-11-26(31-17-24)36-20-25(30)18-32-36)23(4)29(35)12-15-33(16-13-29)27(37)38-28(5,6)7/h10-11,17-18,20-23H,8-9,12-16,19H2,1-7H3. The Hall–Kier alpha value is -2.52. The lowest BCUT2D eigenvalue weighted by Crippen LogP contribution is -2.72. The molecule has 2 aliphatic rings. The van der Waals surface area contributed by atoms with Gasteiger partial charge in [0.25, 0.3) is 0 Å². The van der Waals surface area contributed by atoms with Gasteiger partial charge in [-0.3, -0.25) is 9.80 Å². The summed E-state index contributed by atoms with van der Waals surface area (Å²) in [7, 11) is 0. The highest BCUT2D eigenvalue weighted by Gasteiger charge is 2.52. The number of rotatable bonds is 6. The van der Waals surface area contributed by atoms with Crippen LogP contribution in [0.4, 0.5) is 9.18 Å². The van der Waals surface area contributed by atoms with Crippen LogP contribution in [-0.4, -0.2) is 85.0 Å². The zero-order chi connectivity index (χ0) is 27.7. The average molecular weight is 529 g/mol. The second-order valence-electron chi connectivity index (χ2n) is 12.1. The molecule has 0 N–H and O–H groups in total. The van der Waals surface area contributed by atoms with Gasteiger partial charge in [-0.05, 0) is 79.0 Å². The Bertz CT molecular complexity index is 1070. The van der Waals surface area contributed by atoms with Crippen molar-refractivity contribution in [2.75, 3.05) is 26.2 Å². The molecule has 2 aliphatic heterocycles. The Morgan fingerprint density at radius 1 is 1.21 bits per heavy atom. The van der Waals surface area contributed by atoms with Crippen molar-refractivity contribution >= 4 is 6.09 Å². The van der Waals surface area contributed by atoms with E-state index in [1.807, 2.05) is 37.9 Å². The molecule has 0 aliphatic carbocycles. The van der Waals surface area contributed by atoms with Crippen LogP contribution in [0.1, 0.15) is 85.8 Å². The van der Waals surface area contributed by atoms with Crippen molar-refractivity contribution in [1.29, 1.82) is 0 Å². The predicted octanol–water partition coefficient (Wildman–Crippen LogP) is 5.43. The Morgan fingerprint density at radius 2 is 1.92 bits per heavy atom. The maximum absolute atomic E-state index is 13.4. The third-order valence-corrected chi connectivity index (χ3v) is 8.42. The molecule has 38 heavy (non-hydrogen) atoms. The zero-order valence-electron chi connectivity index (χ0n) is 24.2. The van der Waals surface area contributed by atoms with Gasteiger partial charge in [0.15, 0.2) is 11.6 Å². The number of aromatic nitrogens is 3. The number of piperazine rings is 1. The van der Waals surface area contributed by atoms with Crippen molar-refractivity contribution < 1.29 is 13.9 Å². The van der Waals surface area contributed by atoms with Gasteiger partial charge in [0, 0.05) is 49.5 Å². The van der Waals surface area contributed by atoms with Gasteiger partial charge < -0.3 is 9.64 Å². The Labute approximate surface area is 227 Å². The number of unbranched alkanes of at least 4 members (excludes halogenated alkanes) is 1. The number of halogens is 1. The molecular formula is C29H45FN6O2. The number of carbonyl (C=O) groups is 1. The molecule has 210 valence electrons. The summed E-state index contributed by atoms with van der Waals surface area (Å²) in [6.45, 7) is 18.4. The lowest BCUT2D eigenvalue weighted by Gasteiger charge is -2.61. The third-order valence-electron chi connectivity index (χ3n) is 8.42. The number of amides is 1. The lowest BCUT2D eigenvalue weighted by molar-refractivity contribution is -0.116. The second kappa shape index (κ2) is 11.3. The van der Waals surface area contributed by atoms with E-state index < -0.39 is 5.60 Å². The summed E-state index contributed by atoms with van der Waals surface area (Å²) in [5.74, 6) is 0.220. The van der Waals surface area contributed by atoms with Crippen LogP contribution in [0, 0.1) is 5.82 Å². The van der Waals surface area contributed by atoms with Gasteiger partial charge in [-0.15, -0.1) is 0 Å². The first-order valence-corrected chi connectivity index (χ1v) is 14.1. The maximum Gasteiger partial charge on any atom is 0.410 e. The molecule has 3 atom stereocenters. The minimum absolute atomic E-state index is 0.0143. The SMILES string of the molecule is CCCCN1C(C)CN(C(C)c2ccc(-n3cc(F)cn3)nc2)C(C)C12CCN(C(=O)OC(C)(C)C)CC2. The quantitative estimate of drug-likeness (QED) is 0.498. The Balaban J connectivity index is 1.54. The van der Waals surface area contributed by atoms with E-state index in [4.69, 9.17) is 4.74 Å². The van der Waals surface area contributed by atoms with Gasteiger partial charge in [0.05, 0.1) is 12.4 Å². The van der Waals surface area contributed by atoms with E-state index in [2.05, 4.69) is 53.6 Å². The van der Waals surface area contributed by atoms with Gasteiger partial charge >= 0.3 is 6.09 Å². The summed E-state index contributed by atoms with van der Waals surface area (Å²) >= 11 is 0. The molecule has 8 nitrogen and oxygen atoms in total. The molecule has 9 heteroatoms. The predicted molar refractivity (Wildman–Crippen MR) is 147 cm³/mol. The number of ether oxygens (including phenoxy) is 1. The van der Waals surface area contributed by atoms with Gasteiger partial charge in [0.2, 0.25) is 0 Å². The largest absolute Gasteiger partial charge is 0.444 e. The van der Waals surface area contributed by atoms with Crippen LogP contribution < -0.4 is 0 Å². The summed E-state index contributed by atoms with van der Waals surface area (Å²) in [5.41, 5.74) is 0.622. The minimum Gasteiger partial charge on any atom is -0.444 e. The first kappa shape index (κ1) is 28.5. The van der Waals surface area contributed by atoms with Crippen molar-refractivity contribution in [2.24, 2.45) is 0 Å². The van der Waals surface area contributed by atoms with Crippen molar-refractivity contribution in [3.8, 4) is 5.82 Å². The number of piperidine rings is 1. The van der Waals surface area contributed by atoms with E-state index in [1.165, 1.54) is 23.5 Å². The fourth-order valence-corrected chi connectivity index (χ4v) is 6.32. The monoisotopic (exact) mass is 528 g/mol. The molecule has 1 amide bonds. The van der Waals surface area contributed by atoms with Crippen molar-refractivity contribution in [3.05, 3.63) is 42.1 Å². The lowest BCUT2D eigenvalue weighted by atomic mass is 9.75. The van der Waals surface area contributed by atoms with Crippen LogP contribution in [0.15, 0.2) is 30.7 Å². The smallest absolute Gasteiger partial charge is 0.410 e. The highest BCUT2D eigenvalue weighted by molar-refractivity contribution is 5.68. The molecule has 2 fully saturated rings. The molecule has 0 saturated carbocycles. The van der Waals surface area contributed by atoms with Crippen molar-refractivity contribution in [2.45, 2.75) is 103 Å². The second-order valence-corrected chi connectivity index (χ2v) is 12.1. The molecule has 2 aromatic rings. The molecule has 1 spiro atoms. The maximum atomic E-state index is 13.4. The Kier molecular flexibility index (Phi) is 8.47. The number of pyridine rings is 1. The van der Waals surface area contributed by atoms with Crippen LogP contribution in [0.25, 0.3) is 5.82 Å². The van der Waals surface area contributed by atoms with Crippen molar-refractivity contribution in [3.63, 3.8) is 0 Å². The molecule has 3 unspecified atom stereocenters. The minimum atomic E-state index is -0.493. The first-order valence-electron chi connectivity index (χ1n) is 14.1. The molecule has 4 heterocycles. The number of likely N-dealkylation sites (tertiary alicyclic amines) is 1. The topological polar surface area (TPSA) is 66.7 Å². The van der Waals surface area contributed by atoms with Gasteiger partial charge in [0.1, 0.15) is 5.60 Å². The Morgan fingerprint density at radius 3 is 2.47 bits per heavy atom. The summed E-state index contributed by atoms with van der Waals surface area (Å²) in [6.07, 6.45) is 8.37. The van der Waals surface area contributed by atoms with Gasteiger partial charge in [-0.25, -0.2) is 18.9 Å². The normalized spacial score (nSPS) is 23.5. The van der Waals surface area contributed by atoms with Crippen LogP contribution >= 0.6 is 0 Å². The van der Waals surface area contributed by atoms with Crippen LogP contribution in [0.2, 0.25) is 0 Å². The molecule has 0 bridgehead atoms. The number of nitrogens with zero attached hydrogens (tertiary/aromatic N) is 6. The van der Waals surface area contributed by atoms with Crippen LogP contribution in [-0.2, 0) is 4.74 Å². The van der Waals surface area contributed by atoms with E-state index >= 15 is 0 Å². The van der Waals surface area contributed by atoms with Gasteiger partial charge in [-0.2, -0.15) is 5.10 Å². The number of hydrogen-bond donors (Lipinski definition) is 0. The highest BCUT2D eigenvalue weighted by Crippen LogP contribution is 2.43. The fraction of sp³-hybridized carbons (Fsp3) is 0.690. The third kappa shape index (κ3) is 5.88. The summed E-state index contributed by atoms with van der Waals surface area (Å²) in [4.78, 5) is 24.6. The molecule has 2 aromatic heterocycles. The zero-order valence-corrected chi connectivity index (χ0v) is 24.2. The van der Waals surface area contributed by atoms with E-state index in [0.717, 1.165) is 37.9 Å².